The van der Waals surface area contributed by atoms with Gasteiger partial charge in [-0.15, -0.1) is 0 Å². The first-order valence-electron chi connectivity index (χ1n) is 9.48. The Morgan fingerprint density at radius 3 is 2.72 bits per heavy atom. The van der Waals surface area contributed by atoms with Crippen molar-refractivity contribution in [3.63, 3.8) is 0 Å². The summed E-state index contributed by atoms with van der Waals surface area (Å²) in [5.41, 5.74) is 3.73. The maximum atomic E-state index is 13.3. The van der Waals surface area contributed by atoms with Gasteiger partial charge in [-0.05, 0) is 62.3 Å². The molecule has 0 fully saturated rings. The van der Waals surface area contributed by atoms with Gasteiger partial charge in [0.2, 0.25) is 0 Å². The molecule has 3 rings (SSSR count). The zero-order chi connectivity index (χ0) is 21.0. The zero-order valence-corrected chi connectivity index (χ0v) is 18.2. The van der Waals surface area contributed by atoms with Crippen molar-refractivity contribution >= 4 is 40.5 Å². The summed E-state index contributed by atoms with van der Waals surface area (Å²) in [7, 11) is 0. The first kappa shape index (κ1) is 21.1. The normalized spacial score (nSPS) is 16.1. The Hall–Kier alpha value is -2.57. The second-order valence-corrected chi connectivity index (χ2v) is 7.71. The molecule has 1 atom stereocenters. The van der Waals surface area contributed by atoms with E-state index in [0.29, 0.717) is 33.8 Å². The smallest absolute Gasteiger partial charge is 0.255 e. The molecule has 1 aliphatic heterocycles. The van der Waals surface area contributed by atoms with Crippen LogP contribution in [0.15, 0.2) is 53.7 Å². The van der Waals surface area contributed by atoms with E-state index in [1.165, 1.54) is 0 Å². The maximum absolute atomic E-state index is 13.3. The lowest BCUT2D eigenvalue weighted by Crippen LogP contribution is -2.45. The fourth-order valence-corrected chi connectivity index (χ4v) is 3.67. The monoisotopic (exact) mass is 429 g/mol. The molecule has 7 heteroatoms. The summed E-state index contributed by atoms with van der Waals surface area (Å²) < 4.78 is 5.91. The van der Waals surface area contributed by atoms with E-state index in [2.05, 4.69) is 16.0 Å². The Morgan fingerprint density at radius 2 is 2.00 bits per heavy atom. The molecule has 0 aliphatic carbocycles. The van der Waals surface area contributed by atoms with Crippen LogP contribution in [-0.4, -0.2) is 17.6 Å². The van der Waals surface area contributed by atoms with E-state index < -0.39 is 6.04 Å². The predicted octanol–water partition coefficient (Wildman–Crippen LogP) is 4.87. The number of para-hydroxylation sites is 1. The van der Waals surface area contributed by atoms with Crippen LogP contribution in [0.3, 0.4) is 0 Å². The van der Waals surface area contributed by atoms with Crippen molar-refractivity contribution in [2.75, 3.05) is 11.9 Å². The molecule has 0 bridgehead atoms. The average molecular weight is 430 g/mol. The summed E-state index contributed by atoms with van der Waals surface area (Å²) in [5.74, 6) is 0.457. The molecule has 2 aromatic rings. The van der Waals surface area contributed by atoms with Crippen LogP contribution in [0.25, 0.3) is 0 Å². The van der Waals surface area contributed by atoms with E-state index in [1.807, 2.05) is 57.2 Å². The number of aryl methyl sites for hydroxylation is 1. The standard InChI is InChI=1S/C22H24ClN3O2S/c1-4-11-28-18-10-9-15(23)12-16(18)20-19(14(3)24-22(29)26-20)21(27)25-17-8-6-5-7-13(17)2/h5-10,12,20H,4,11H2,1-3H3,(H,25,27)(H2,24,26,29). The number of anilines is 1. The van der Waals surface area contributed by atoms with E-state index >= 15 is 0 Å². The molecule has 2 aromatic carbocycles. The number of benzene rings is 2. The molecule has 3 N–H and O–H groups in total. The van der Waals surface area contributed by atoms with Crippen LogP contribution in [0.4, 0.5) is 5.69 Å². The number of carbonyl (C=O) groups excluding carboxylic acids is 1. The molecule has 152 valence electrons. The maximum Gasteiger partial charge on any atom is 0.255 e. The zero-order valence-electron chi connectivity index (χ0n) is 16.6. The lowest BCUT2D eigenvalue weighted by Gasteiger charge is -2.31. The molecule has 1 amide bonds. The minimum atomic E-state index is -0.488. The van der Waals surface area contributed by atoms with Gasteiger partial charge in [0.15, 0.2) is 5.11 Å². The molecule has 1 unspecified atom stereocenters. The highest BCUT2D eigenvalue weighted by Crippen LogP contribution is 2.35. The van der Waals surface area contributed by atoms with E-state index in [1.54, 1.807) is 6.07 Å². The van der Waals surface area contributed by atoms with Crippen molar-refractivity contribution in [1.29, 1.82) is 0 Å². The largest absolute Gasteiger partial charge is 0.493 e. The quantitative estimate of drug-likeness (QED) is 0.572. The van der Waals surface area contributed by atoms with Gasteiger partial charge < -0.3 is 20.7 Å². The van der Waals surface area contributed by atoms with Gasteiger partial charge in [-0.1, -0.05) is 36.7 Å². The molecule has 0 aromatic heterocycles. The number of hydrogen-bond acceptors (Lipinski definition) is 3. The summed E-state index contributed by atoms with van der Waals surface area (Å²) in [6, 6.07) is 12.6. The van der Waals surface area contributed by atoms with Gasteiger partial charge in [0.25, 0.3) is 5.91 Å². The first-order chi connectivity index (χ1) is 13.9. The molecule has 1 heterocycles. The van der Waals surface area contributed by atoms with Crippen molar-refractivity contribution in [2.24, 2.45) is 0 Å². The van der Waals surface area contributed by atoms with Crippen molar-refractivity contribution in [3.05, 3.63) is 69.9 Å². The third-order valence-electron chi connectivity index (χ3n) is 4.65. The number of amides is 1. The van der Waals surface area contributed by atoms with Crippen molar-refractivity contribution in [3.8, 4) is 5.75 Å². The number of hydrogen-bond donors (Lipinski definition) is 3. The molecule has 0 radical (unpaired) electrons. The number of halogens is 1. The molecule has 0 spiro atoms. The summed E-state index contributed by atoms with van der Waals surface area (Å²) in [6.07, 6.45) is 0.871. The summed E-state index contributed by atoms with van der Waals surface area (Å²) in [4.78, 5) is 13.3. The van der Waals surface area contributed by atoms with Gasteiger partial charge in [0.1, 0.15) is 5.75 Å². The lowest BCUT2D eigenvalue weighted by molar-refractivity contribution is -0.113. The summed E-state index contributed by atoms with van der Waals surface area (Å²) in [5, 5.41) is 10.3. The van der Waals surface area contributed by atoms with Gasteiger partial charge in [-0.25, -0.2) is 0 Å². The van der Waals surface area contributed by atoms with Crippen molar-refractivity contribution < 1.29 is 9.53 Å². The summed E-state index contributed by atoms with van der Waals surface area (Å²) in [6.45, 7) is 6.40. The van der Waals surface area contributed by atoms with E-state index in [-0.39, 0.29) is 5.91 Å². The highest BCUT2D eigenvalue weighted by molar-refractivity contribution is 7.80. The third-order valence-corrected chi connectivity index (χ3v) is 5.11. The average Bonchev–Trinajstić information content (AvgIpc) is 2.68. The Balaban J connectivity index is 2.02. The van der Waals surface area contributed by atoms with Gasteiger partial charge in [-0.3, -0.25) is 4.79 Å². The van der Waals surface area contributed by atoms with Crippen LogP contribution >= 0.6 is 23.8 Å². The second-order valence-electron chi connectivity index (χ2n) is 6.87. The van der Waals surface area contributed by atoms with Crippen LogP contribution < -0.4 is 20.7 Å². The molecular formula is C22H24ClN3O2S. The Kier molecular flexibility index (Phi) is 6.77. The number of allylic oxidation sites excluding steroid dienone is 1. The van der Waals surface area contributed by atoms with E-state index in [0.717, 1.165) is 23.2 Å². The van der Waals surface area contributed by atoms with Crippen LogP contribution in [0.1, 0.15) is 37.4 Å². The third kappa shape index (κ3) is 4.89. The minimum Gasteiger partial charge on any atom is -0.493 e. The van der Waals surface area contributed by atoms with Crippen LogP contribution in [0, 0.1) is 6.92 Å². The van der Waals surface area contributed by atoms with Crippen molar-refractivity contribution in [1.82, 2.24) is 10.6 Å². The van der Waals surface area contributed by atoms with Crippen LogP contribution in [0.2, 0.25) is 5.02 Å². The number of rotatable bonds is 6. The molecule has 0 saturated carbocycles. The molecule has 5 nitrogen and oxygen atoms in total. The Bertz CT molecular complexity index is 974. The van der Waals surface area contributed by atoms with Crippen molar-refractivity contribution in [2.45, 2.75) is 33.2 Å². The van der Waals surface area contributed by atoms with Gasteiger partial charge in [0, 0.05) is 22.0 Å². The number of ether oxygens (including phenoxy) is 1. The molecular weight excluding hydrogens is 406 g/mol. The lowest BCUT2D eigenvalue weighted by atomic mass is 9.94. The SMILES string of the molecule is CCCOc1ccc(Cl)cc1C1NC(=S)NC(C)=C1C(=O)Nc1ccccc1C. The summed E-state index contributed by atoms with van der Waals surface area (Å²) >= 11 is 11.6. The first-order valence-corrected chi connectivity index (χ1v) is 10.3. The Labute approximate surface area is 181 Å². The van der Waals surface area contributed by atoms with Gasteiger partial charge in [-0.2, -0.15) is 0 Å². The highest BCUT2D eigenvalue weighted by atomic mass is 35.5. The minimum absolute atomic E-state index is 0.217. The highest BCUT2D eigenvalue weighted by Gasteiger charge is 2.32. The second kappa shape index (κ2) is 9.29. The van der Waals surface area contributed by atoms with Gasteiger partial charge >= 0.3 is 0 Å². The molecule has 1 aliphatic rings. The fraction of sp³-hybridized carbons (Fsp3) is 0.273. The molecule has 29 heavy (non-hydrogen) atoms. The number of carbonyl (C=O) groups is 1. The fourth-order valence-electron chi connectivity index (χ4n) is 3.22. The van der Waals surface area contributed by atoms with Gasteiger partial charge in [0.05, 0.1) is 18.2 Å². The predicted molar refractivity (Wildman–Crippen MR) is 121 cm³/mol. The van der Waals surface area contributed by atoms with E-state index in [9.17, 15) is 4.79 Å². The topological polar surface area (TPSA) is 62.4 Å². The van der Waals surface area contributed by atoms with Crippen LogP contribution in [-0.2, 0) is 4.79 Å². The Morgan fingerprint density at radius 1 is 1.24 bits per heavy atom. The van der Waals surface area contributed by atoms with E-state index in [4.69, 9.17) is 28.6 Å². The number of nitrogens with one attached hydrogen (secondary N) is 3. The molecule has 0 saturated heterocycles. The van der Waals surface area contributed by atoms with Crippen LogP contribution in [0.5, 0.6) is 5.75 Å². The number of thiocarbonyl (C=S) groups is 1.